The summed E-state index contributed by atoms with van der Waals surface area (Å²) >= 11 is 0. The van der Waals surface area contributed by atoms with E-state index in [0.29, 0.717) is 37.7 Å². The second kappa shape index (κ2) is 15.8. The number of rotatable bonds is 12. The van der Waals surface area contributed by atoms with Crippen molar-refractivity contribution in [1.82, 2.24) is 0 Å². The second-order valence-electron chi connectivity index (χ2n) is 20.0. The van der Waals surface area contributed by atoms with Crippen LogP contribution < -0.4 is 0 Å². The Morgan fingerprint density at radius 2 is 1.54 bits per heavy atom. The van der Waals surface area contributed by atoms with Crippen molar-refractivity contribution in [3.8, 4) is 0 Å². The van der Waals surface area contributed by atoms with Crippen molar-refractivity contribution >= 4 is 29.5 Å². The fraction of sp³-hybridized carbons (Fsp3) is 0.841. The quantitative estimate of drug-likeness (QED) is 0.187. The third-order valence-corrected chi connectivity index (χ3v) is 14.9. The fourth-order valence-corrected chi connectivity index (χ4v) is 12.2. The number of carbonyl (C=O) groups is 5. The van der Waals surface area contributed by atoms with Crippen LogP contribution >= 0.6 is 0 Å². The summed E-state index contributed by atoms with van der Waals surface area (Å²) < 4.78 is 41.8. The van der Waals surface area contributed by atoms with Gasteiger partial charge in [0.25, 0.3) is 0 Å². The zero-order valence-electron chi connectivity index (χ0n) is 36.5. The van der Waals surface area contributed by atoms with Crippen LogP contribution in [-0.4, -0.2) is 117 Å². The number of Topliss-reactive ketones (excluding diaryl/α,β-unsaturated/α-hetero) is 1. The minimum Gasteiger partial charge on any atom is -0.467 e. The average molecular weight is 835 g/mol. The predicted molar refractivity (Wildman–Crippen MR) is 208 cm³/mol. The van der Waals surface area contributed by atoms with Gasteiger partial charge in [-0.05, 0) is 122 Å². The van der Waals surface area contributed by atoms with E-state index in [1.165, 1.54) is 6.92 Å². The topological polar surface area (TPSA) is 211 Å². The monoisotopic (exact) mass is 834 g/mol. The van der Waals surface area contributed by atoms with Gasteiger partial charge in [-0.15, -0.1) is 0 Å². The number of carbonyl (C=O) groups excluding carboxylic acids is 5. The first kappa shape index (κ1) is 45.7. The summed E-state index contributed by atoms with van der Waals surface area (Å²) in [6.07, 6.45) is -3.12. The average Bonchev–Trinajstić information content (AvgIpc) is 3.57. The normalized spacial score (nSPS) is 41.5. The molecule has 6 aliphatic rings. The van der Waals surface area contributed by atoms with Crippen LogP contribution in [0.1, 0.15) is 127 Å². The molecule has 2 saturated heterocycles. The van der Waals surface area contributed by atoms with Gasteiger partial charge >= 0.3 is 17.9 Å². The maximum absolute atomic E-state index is 14.1. The van der Waals surface area contributed by atoms with Crippen molar-refractivity contribution in [1.29, 1.82) is 0 Å². The molecule has 2 aliphatic heterocycles. The van der Waals surface area contributed by atoms with Crippen LogP contribution in [0, 0.1) is 34.5 Å². The molecule has 332 valence electrons. The minimum atomic E-state index is -1.78. The molecule has 0 bridgehead atoms. The standard InChI is InChI=1S/C44H66O15/c1-22(45)18-25-34(54-23(2)46)36(55-24(3)47)38(57-35(25)37(49)53-11)56-33(14-15-39(4,5)50)43(10,51)32-13-17-44(52)27-19-29(48)28-20-30-31(59-40(6,7)58-30)21-41(28,8)26(27)12-16-42(32,44)9/h19,25-26,28,30-36,38,50-52H,12-18,20-21H2,1-11H3/t25?,26?,28-,30+,31-,32?,33?,34?,35?,36?,38?,41+,42+,43+,44?/m0/s1. The lowest BCUT2D eigenvalue weighted by molar-refractivity contribution is -0.319. The van der Waals surface area contributed by atoms with E-state index in [4.69, 9.17) is 33.2 Å². The third-order valence-electron chi connectivity index (χ3n) is 14.9. The molecular weight excluding hydrogens is 768 g/mol. The van der Waals surface area contributed by atoms with Crippen LogP contribution in [-0.2, 0) is 57.1 Å². The van der Waals surface area contributed by atoms with E-state index < -0.39 is 93.9 Å². The molecule has 3 saturated carbocycles. The summed E-state index contributed by atoms with van der Waals surface area (Å²) in [4.78, 5) is 65.0. The summed E-state index contributed by atoms with van der Waals surface area (Å²) in [6, 6.07) is 0. The van der Waals surface area contributed by atoms with Crippen LogP contribution in [0.15, 0.2) is 11.6 Å². The molecule has 0 radical (unpaired) electrons. The molecule has 0 aromatic carbocycles. The maximum atomic E-state index is 14.1. The van der Waals surface area contributed by atoms with Gasteiger partial charge < -0.3 is 53.3 Å². The van der Waals surface area contributed by atoms with E-state index >= 15 is 0 Å². The first-order valence-electron chi connectivity index (χ1n) is 21.2. The summed E-state index contributed by atoms with van der Waals surface area (Å²) in [5, 5.41) is 37.0. The highest BCUT2D eigenvalue weighted by Crippen LogP contribution is 2.69. The van der Waals surface area contributed by atoms with Crippen LogP contribution in [0.2, 0.25) is 0 Å². The van der Waals surface area contributed by atoms with Crippen LogP contribution in [0.5, 0.6) is 0 Å². The SMILES string of the molecule is COC(=O)C1OC(OC(CCC(C)(C)O)[C@](C)(O)C2CCC3(O)C4=CC(=O)[C@@H]5C[C@H]6OC(C)(C)O[C@H]6C[C@]5(C)C4CC[C@]23C)C(OC(C)=O)C(OC(C)=O)C1CC(C)=O. The molecule has 4 aliphatic carbocycles. The number of hydrogen-bond acceptors (Lipinski definition) is 15. The Labute approximate surface area is 347 Å². The fourth-order valence-electron chi connectivity index (χ4n) is 12.2. The van der Waals surface area contributed by atoms with Gasteiger partial charge in [-0.25, -0.2) is 4.79 Å². The van der Waals surface area contributed by atoms with E-state index in [1.54, 1.807) is 26.8 Å². The van der Waals surface area contributed by atoms with Crippen molar-refractivity contribution in [3.63, 3.8) is 0 Å². The van der Waals surface area contributed by atoms with Gasteiger partial charge in [-0.3, -0.25) is 14.4 Å². The molecule has 6 rings (SSSR count). The van der Waals surface area contributed by atoms with Crippen LogP contribution in [0.3, 0.4) is 0 Å². The first-order valence-corrected chi connectivity index (χ1v) is 21.2. The second-order valence-corrected chi connectivity index (χ2v) is 20.0. The molecule has 0 aromatic rings. The molecule has 59 heavy (non-hydrogen) atoms. The molecule has 0 spiro atoms. The summed E-state index contributed by atoms with van der Waals surface area (Å²) in [6.45, 7) is 16.3. The van der Waals surface area contributed by atoms with Crippen molar-refractivity contribution < 1.29 is 72.5 Å². The molecular formula is C44H66O15. The van der Waals surface area contributed by atoms with Crippen molar-refractivity contribution in [3.05, 3.63) is 11.6 Å². The number of allylic oxidation sites excluding steroid dienone is 1. The number of hydrogen-bond donors (Lipinski definition) is 3. The Hall–Kier alpha value is -2.79. The molecule has 15 heteroatoms. The zero-order chi connectivity index (χ0) is 43.8. The van der Waals surface area contributed by atoms with E-state index in [1.807, 2.05) is 20.8 Å². The Bertz CT molecular complexity index is 1710. The highest BCUT2D eigenvalue weighted by Gasteiger charge is 2.70. The Kier molecular flexibility index (Phi) is 12.3. The summed E-state index contributed by atoms with van der Waals surface area (Å²) in [7, 11) is 1.14. The zero-order valence-corrected chi connectivity index (χ0v) is 36.5. The third kappa shape index (κ3) is 8.30. The summed E-state index contributed by atoms with van der Waals surface area (Å²) in [5.74, 6) is -5.76. The summed E-state index contributed by atoms with van der Waals surface area (Å²) in [5.41, 5.74) is -5.22. The van der Waals surface area contributed by atoms with Crippen LogP contribution in [0.4, 0.5) is 0 Å². The molecule has 9 unspecified atom stereocenters. The number of ether oxygens (including phenoxy) is 7. The minimum absolute atomic E-state index is 0.0384. The Balaban J connectivity index is 1.36. The van der Waals surface area contributed by atoms with E-state index in [9.17, 15) is 39.3 Å². The van der Waals surface area contributed by atoms with Gasteiger partial charge in [0.2, 0.25) is 0 Å². The van der Waals surface area contributed by atoms with Gasteiger partial charge in [-0.1, -0.05) is 13.8 Å². The molecule has 2 heterocycles. The highest BCUT2D eigenvalue weighted by atomic mass is 16.8. The number of methoxy groups -OCH3 is 1. The molecule has 15 atom stereocenters. The van der Waals surface area contributed by atoms with Crippen molar-refractivity contribution in [2.45, 2.75) is 193 Å². The predicted octanol–water partition coefficient (Wildman–Crippen LogP) is 4.03. The van der Waals surface area contributed by atoms with Gasteiger partial charge in [-0.2, -0.15) is 0 Å². The van der Waals surface area contributed by atoms with Crippen molar-refractivity contribution in [2.24, 2.45) is 34.5 Å². The van der Waals surface area contributed by atoms with Crippen LogP contribution in [0.25, 0.3) is 0 Å². The molecule has 0 amide bonds. The maximum Gasteiger partial charge on any atom is 0.335 e. The van der Waals surface area contributed by atoms with Gasteiger partial charge in [0, 0.05) is 37.5 Å². The number of esters is 3. The smallest absolute Gasteiger partial charge is 0.335 e. The Morgan fingerprint density at radius 1 is 0.915 bits per heavy atom. The molecule has 5 fully saturated rings. The largest absolute Gasteiger partial charge is 0.467 e. The van der Waals surface area contributed by atoms with Gasteiger partial charge in [0.15, 0.2) is 30.1 Å². The molecule has 3 N–H and O–H groups in total. The molecule has 15 nitrogen and oxygen atoms in total. The van der Waals surface area contributed by atoms with Gasteiger partial charge in [0.1, 0.15) is 11.9 Å². The first-order chi connectivity index (χ1) is 27.2. The van der Waals surface area contributed by atoms with E-state index in [-0.39, 0.29) is 61.3 Å². The number of ketones is 2. The lowest BCUT2D eigenvalue weighted by atomic mass is 9.45. The van der Waals surface area contributed by atoms with Crippen molar-refractivity contribution in [2.75, 3.05) is 7.11 Å². The molecule has 0 aromatic heterocycles. The van der Waals surface area contributed by atoms with E-state index in [2.05, 4.69) is 6.92 Å². The number of aliphatic hydroxyl groups is 3. The lowest BCUT2D eigenvalue weighted by Gasteiger charge is -2.60. The lowest BCUT2D eigenvalue weighted by Crippen LogP contribution is -2.64. The number of fused-ring (bicyclic) bond motifs is 6. The highest BCUT2D eigenvalue weighted by molar-refractivity contribution is 5.95. The Morgan fingerprint density at radius 3 is 2.14 bits per heavy atom. The van der Waals surface area contributed by atoms with E-state index in [0.717, 1.165) is 21.0 Å². The van der Waals surface area contributed by atoms with Gasteiger partial charge in [0.05, 0.1) is 42.2 Å².